The van der Waals surface area contributed by atoms with E-state index in [1.165, 1.54) is 0 Å². The Kier molecular flexibility index (Phi) is 24.7. The first-order valence-corrected chi connectivity index (χ1v) is 0.612. The normalized spacial score (nSPS) is 4.00. The van der Waals surface area contributed by atoms with E-state index in [0.29, 0.717) is 0 Å². The Hall–Kier alpha value is 1.07. The molecule has 5 heteroatoms. The molecule has 0 N–H and O–H groups in total. The Bertz CT molecular complexity index is 33.8. The molecule has 0 aliphatic rings. The van der Waals surface area contributed by atoms with E-state index in [-0.39, 0.29) is 53.5 Å². The quantitative estimate of drug-likeness (QED) is 0.367. The van der Waals surface area contributed by atoms with Crippen molar-refractivity contribution >= 4 is 30.1 Å². The smallest absolute Gasteiger partial charge is 0.652 e. The van der Waals surface area contributed by atoms with Gasteiger partial charge in [-0.1, -0.05) is 0 Å². The SMILES string of the molecule is O=C([O-])[O-].[Na+].[Sn+4]. The third-order valence-corrected chi connectivity index (χ3v) is 0. The molecular weight excluding hydrogens is 202 g/mol. The van der Waals surface area contributed by atoms with Gasteiger partial charge in [0.15, 0.2) is 0 Å². The third kappa shape index (κ3) is 73.5. The number of rotatable bonds is 0. The average molecular weight is 202 g/mol. The minimum atomic E-state index is -2.33. The summed E-state index contributed by atoms with van der Waals surface area (Å²) in [6.45, 7) is 0. The number of hydrogen-bond donors (Lipinski definition) is 0. The molecule has 0 spiro atoms. The van der Waals surface area contributed by atoms with Crippen LogP contribution in [0.5, 0.6) is 0 Å². The van der Waals surface area contributed by atoms with Crippen molar-refractivity contribution in [1.82, 2.24) is 0 Å². The maximum Gasteiger partial charge on any atom is 4.00 e. The zero-order chi connectivity index (χ0) is 3.58. The van der Waals surface area contributed by atoms with Gasteiger partial charge in [-0.3, -0.25) is 0 Å². The molecule has 0 heterocycles. The minimum absolute atomic E-state index is 0. The monoisotopic (exact) mass is 203 g/mol. The van der Waals surface area contributed by atoms with E-state index < -0.39 is 6.16 Å². The average Bonchev–Trinajstić information content (AvgIpc) is 0.811. The van der Waals surface area contributed by atoms with Crippen molar-refractivity contribution in [3.05, 3.63) is 0 Å². The van der Waals surface area contributed by atoms with E-state index in [9.17, 15) is 0 Å². The second kappa shape index (κ2) is 9.42. The van der Waals surface area contributed by atoms with Crippen molar-refractivity contribution < 1.29 is 44.6 Å². The zero-order valence-electron chi connectivity index (χ0n) is 3.22. The summed E-state index contributed by atoms with van der Waals surface area (Å²) in [6, 6.07) is 0. The van der Waals surface area contributed by atoms with Crippen LogP contribution in [-0.2, 0) is 0 Å². The molecule has 0 aromatic carbocycles. The van der Waals surface area contributed by atoms with Crippen LogP contribution in [0.25, 0.3) is 0 Å². The van der Waals surface area contributed by atoms with Gasteiger partial charge in [0.1, 0.15) is 0 Å². The molecule has 3 nitrogen and oxygen atoms in total. The largest absolute Gasteiger partial charge is 4.00 e. The summed E-state index contributed by atoms with van der Waals surface area (Å²) in [6.07, 6.45) is -2.33. The van der Waals surface area contributed by atoms with Crippen LogP contribution >= 0.6 is 0 Å². The van der Waals surface area contributed by atoms with E-state index in [2.05, 4.69) is 0 Å². The molecule has 0 aromatic heterocycles. The van der Waals surface area contributed by atoms with Gasteiger partial charge in [0.25, 0.3) is 0 Å². The Labute approximate surface area is 74.0 Å². The van der Waals surface area contributed by atoms with Gasteiger partial charge in [0, 0.05) is 0 Å². The number of carboxylic acid groups (broad SMARTS) is 2. The molecule has 0 aliphatic carbocycles. The first kappa shape index (κ1) is 15.7. The zero-order valence-corrected chi connectivity index (χ0v) is 8.08. The molecule has 0 aromatic rings. The first-order chi connectivity index (χ1) is 1.73. The molecular formula is CNaO3Sn+3. The summed E-state index contributed by atoms with van der Waals surface area (Å²) >= 11 is 0. The van der Waals surface area contributed by atoms with Crippen LogP contribution in [0.2, 0.25) is 0 Å². The maximum atomic E-state index is 8.33. The first-order valence-electron chi connectivity index (χ1n) is 0.612. The van der Waals surface area contributed by atoms with Crippen molar-refractivity contribution in [3.8, 4) is 0 Å². The van der Waals surface area contributed by atoms with Gasteiger partial charge in [0.2, 0.25) is 0 Å². The fraction of sp³-hybridized carbons (Fsp3) is 0. The molecule has 24 valence electrons. The van der Waals surface area contributed by atoms with Crippen molar-refractivity contribution in [2.45, 2.75) is 0 Å². The maximum absolute atomic E-state index is 8.33. The van der Waals surface area contributed by atoms with Crippen molar-refractivity contribution in [1.29, 1.82) is 0 Å². The van der Waals surface area contributed by atoms with E-state index >= 15 is 0 Å². The van der Waals surface area contributed by atoms with Crippen LogP contribution in [-0.4, -0.2) is 30.1 Å². The topological polar surface area (TPSA) is 63.2 Å². The van der Waals surface area contributed by atoms with Crippen LogP contribution in [0.3, 0.4) is 0 Å². The molecule has 0 rings (SSSR count). The molecule has 0 bridgehead atoms. The van der Waals surface area contributed by atoms with Crippen molar-refractivity contribution in [3.63, 3.8) is 0 Å². The Balaban J connectivity index is -0.0000000450. The molecule has 0 saturated carbocycles. The van der Waals surface area contributed by atoms with Gasteiger partial charge in [0.05, 0.1) is 0 Å². The van der Waals surface area contributed by atoms with E-state index in [1.807, 2.05) is 0 Å². The molecule has 0 fully saturated rings. The second-order valence-electron chi connectivity index (χ2n) is 0.250. The molecule has 0 saturated heterocycles. The van der Waals surface area contributed by atoms with Gasteiger partial charge in [-0.2, -0.15) is 0 Å². The van der Waals surface area contributed by atoms with Gasteiger partial charge in [-0.05, 0) is 6.16 Å². The van der Waals surface area contributed by atoms with Crippen LogP contribution in [0.1, 0.15) is 0 Å². The molecule has 0 amide bonds. The van der Waals surface area contributed by atoms with Gasteiger partial charge in [-0.25, -0.2) is 0 Å². The Morgan fingerprint density at radius 3 is 1.33 bits per heavy atom. The van der Waals surface area contributed by atoms with Crippen LogP contribution in [0, 0.1) is 0 Å². The number of hydrogen-bond acceptors (Lipinski definition) is 3. The second-order valence-corrected chi connectivity index (χ2v) is 0.250. The third-order valence-electron chi connectivity index (χ3n) is 0. The predicted octanol–water partition coefficient (Wildman–Crippen LogP) is -5.82. The van der Waals surface area contributed by atoms with E-state index in [4.69, 9.17) is 15.0 Å². The summed E-state index contributed by atoms with van der Waals surface area (Å²) in [5, 5.41) is 16.7. The Morgan fingerprint density at radius 2 is 1.33 bits per heavy atom. The number of carbonyl (C=O) groups excluding carboxylic acids is 1. The predicted molar refractivity (Wildman–Crippen MR) is 11.1 cm³/mol. The van der Waals surface area contributed by atoms with E-state index in [1.54, 1.807) is 0 Å². The summed E-state index contributed by atoms with van der Waals surface area (Å²) in [7, 11) is 0. The van der Waals surface area contributed by atoms with Crippen LogP contribution in [0.4, 0.5) is 4.79 Å². The van der Waals surface area contributed by atoms with Gasteiger partial charge >= 0.3 is 53.5 Å². The summed E-state index contributed by atoms with van der Waals surface area (Å²) in [5.74, 6) is 0. The molecule has 6 heavy (non-hydrogen) atoms. The fourth-order valence-corrected chi connectivity index (χ4v) is 0. The van der Waals surface area contributed by atoms with Crippen molar-refractivity contribution in [2.24, 2.45) is 0 Å². The minimum Gasteiger partial charge on any atom is -0.652 e. The molecule has 0 radical (unpaired) electrons. The van der Waals surface area contributed by atoms with Crippen LogP contribution in [0.15, 0.2) is 0 Å². The van der Waals surface area contributed by atoms with Crippen LogP contribution < -0.4 is 39.8 Å². The summed E-state index contributed by atoms with van der Waals surface area (Å²) in [4.78, 5) is 8.33. The summed E-state index contributed by atoms with van der Waals surface area (Å²) < 4.78 is 0. The van der Waals surface area contributed by atoms with Crippen molar-refractivity contribution in [2.75, 3.05) is 0 Å². The summed E-state index contributed by atoms with van der Waals surface area (Å²) in [5.41, 5.74) is 0. The fourth-order valence-electron chi connectivity index (χ4n) is 0. The van der Waals surface area contributed by atoms with E-state index in [0.717, 1.165) is 0 Å². The molecule has 0 unspecified atom stereocenters. The van der Waals surface area contributed by atoms with Gasteiger partial charge in [-0.15, -0.1) is 0 Å². The van der Waals surface area contributed by atoms with Gasteiger partial charge < -0.3 is 15.0 Å². The standard InChI is InChI=1S/CH2O3.Na.Sn/c2-1(3)4;;/h(H2,2,3,4);;/q;+1;+4/p-2. The molecule has 0 atom stereocenters. The number of carbonyl (C=O) groups is 1. The Morgan fingerprint density at radius 1 is 1.33 bits per heavy atom. The molecule has 0 aliphatic heterocycles.